The van der Waals surface area contributed by atoms with Crippen molar-refractivity contribution in [3.63, 3.8) is 0 Å². The molecule has 0 bridgehead atoms. The van der Waals surface area contributed by atoms with Crippen LogP contribution in [0.1, 0.15) is 30.0 Å². The Morgan fingerprint density at radius 2 is 1.38 bits per heavy atom. The number of fused-ring (bicyclic) bond motifs is 1. The van der Waals surface area contributed by atoms with Crippen LogP contribution in [0.4, 0.5) is 0 Å². The fourth-order valence-electron chi connectivity index (χ4n) is 5.78. The van der Waals surface area contributed by atoms with Crippen molar-refractivity contribution >= 4 is 22.0 Å². The topological polar surface area (TPSA) is 50.1 Å². The van der Waals surface area contributed by atoms with Gasteiger partial charge in [0.25, 0.3) is 0 Å². The number of aliphatic hydroxyl groups is 1. The maximum atomic E-state index is 11.1. The van der Waals surface area contributed by atoms with Gasteiger partial charge in [-0.25, -0.2) is 0 Å². The van der Waals surface area contributed by atoms with Gasteiger partial charge in [0, 0.05) is 61.9 Å². The van der Waals surface area contributed by atoms with Crippen LogP contribution in [0.15, 0.2) is 79.0 Å². The van der Waals surface area contributed by atoms with Crippen LogP contribution in [0.3, 0.4) is 0 Å². The molecular formula is C34H41N3O3. The van der Waals surface area contributed by atoms with Crippen molar-refractivity contribution in [3.8, 4) is 11.5 Å². The normalized spacial score (nSPS) is 15.2. The van der Waals surface area contributed by atoms with E-state index in [1.54, 1.807) is 14.2 Å². The molecule has 3 aromatic carbocycles. The third kappa shape index (κ3) is 6.09. The number of benzene rings is 3. The molecule has 1 fully saturated rings. The molecule has 40 heavy (non-hydrogen) atoms. The van der Waals surface area contributed by atoms with Crippen LogP contribution >= 0.6 is 0 Å². The zero-order chi connectivity index (χ0) is 28.1. The van der Waals surface area contributed by atoms with E-state index in [9.17, 15) is 5.11 Å². The first-order chi connectivity index (χ1) is 19.5. The summed E-state index contributed by atoms with van der Waals surface area (Å²) in [4.78, 5) is 4.72. The summed E-state index contributed by atoms with van der Waals surface area (Å²) in [5, 5.41) is 12.3. The average Bonchev–Trinajstić information content (AvgIpc) is 3.35. The van der Waals surface area contributed by atoms with Crippen molar-refractivity contribution in [2.75, 3.05) is 54.0 Å². The van der Waals surface area contributed by atoms with Gasteiger partial charge in [-0.15, -0.1) is 0 Å². The molecule has 0 aliphatic carbocycles. The minimum Gasteiger partial charge on any atom is -0.497 e. The van der Waals surface area contributed by atoms with Crippen LogP contribution in [0, 0.1) is 0 Å². The van der Waals surface area contributed by atoms with Gasteiger partial charge in [0.15, 0.2) is 0 Å². The molecule has 6 heteroatoms. The maximum Gasteiger partial charge on any atom is 0.118 e. The highest BCUT2D eigenvalue weighted by Crippen LogP contribution is 2.39. The zero-order valence-corrected chi connectivity index (χ0v) is 24.1. The molecule has 6 nitrogen and oxygen atoms in total. The SMILES string of the molecule is CCC(=C(c1ccc(OC)cc1)c1ccc(OC)cc1)c1cn(C[C@H](O)CN2CCN(C)CC2)c2ccccc12. The fourth-order valence-corrected chi connectivity index (χ4v) is 5.78. The molecule has 0 saturated carbocycles. The smallest absolute Gasteiger partial charge is 0.118 e. The first-order valence-electron chi connectivity index (χ1n) is 14.2. The first-order valence-corrected chi connectivity index (χ1v) is 14.2. The molecule has 1 aromatic heterocycles. The van der Waals surface area contributed by atoms with E-state index in [2.05, 4.69) is 83.1 Å². The highest BCUT2D eigenvalue weighted by atomic mass is 16.5. The summed E-state index contributed by atoms with van der Waals surface area (Å²) in [5.74, 6) is 1.67. The molecule has 1 aliphatic rings. The van der Waals surface area contributed by atoms with E-state index in [-0.39, 0.29) is 0 Å². The monoisotopic (exact) mass is 539 g/mol. The van der Waals surface area contributed by atoms with Crippen molar-refractivity contribution in [2.24, 2.45) is 0 Å². The number of methoxy groups -OCH3 is 2. The van der Waals surface area contributed by atoms with Crippen LogP contribution < -0.4 is 9.47 Å². The van der Waals surface area contributed by atoms with Gasteiger partial charge in [0.1, 0.15) is 11.5 Å². The third-order valence-electron chi connectivity index (χ3n) is 8.00. The Morgan fingerprint density at radius 3 is 1.93 bits per heavy atom. The highest BCUT2D eigenvalue weighted by Gasteiger charge is 2.21. The van der Waals surface area contributed by atoms with Gasteiger partial charge >= 0.3 is 0 Å². The lowest BCUT2D eigenvalue weighted by atomic mass is 9.88. The number of hydrogen-bond acceptors (Lipinski definition) is 5. The summed E-state index contributed by atoms with van der Waals surface area (Å²) in [5.41, 5.74) is 7.06. The molecule has 1 atom stereocenters. The van der Waals surface area contributed by atoms with Gasteiger partial charge < -0.3 is 24.0 Å². The van der Waals surface area contributed by atoms with Gasteiger partial charge in [-0.3, -0.25) is 4.90 Å². The second-order valence-electron chi connectivity index (χ2n) is 10.6. The summed E-state index contributed by atoms with van der Waals surface area (Å²) in [7, 11) is 5.55. The zero-order valence-electron chi connectivity index (χ0n) is 24.1. The van der Waals surface area contributed by atoms with E-state index in [1.807, 2.05) is 24.3 Å². The van der Waals surface area contributed by atoms with Crippen molar-refractivity contribution in [1.82, 2.24) is 14.4 Å². The summed E-state index contributed by atoms with van der Waals surface area (Å²) >= 11 is 0. The number of allylic oxidation sites excluding steroid dienone is 1. The molecular weight excluding hydrogens is 498 g/mol. The quantitative estimate of drug-likeness (QED) is 0.283. The summed E-state index contributed by atoms with van der Waals surface area (Å²) < 4.78 is 13.1. The van der Waals surface area contributed by atoms with Crippen LogP contribution in [0.5, 0.6) is 11.5 Å². The van der Waals surface area contributed by atoms with Crippen LogP contribution in [-0.4, -0.2) is 79.6 Å². The minimum atomic E-state index is -0.441. The number of β-amino-alcohol motifs (C(OH)–C–C–N with tert-alkyl or cyclic N) is 1. The van der Waals surface area contributed by atoms with Gasteiger partial charge in [-0.1, -0.05) is 49.4 Å². The van der Waals surface area contributed by atoms with Crippen molar-refractivity contribution in [1.29, 1.82) is 0 Å². The molecule has 1 saturated heterocycles. The molecule has 0 radical (unpaired) electrons. The fraction of sp³-hybridized carbons (Fsp3) is 0.353. The lowest BCUT2D eigenvalue weighted by Gasteiger charge is -2.33. The largest absolute Gasteiger partial charge is 0.497 e. The molecule has 4 aromatic rings. The Balaban J connectivity index is 1.57. The number of likely N-dealkylation sites (N-methyl/N-ethyl adjacent to an activating group) is 1. The second-order valence-corrected chi connectivity index (χ2v) is 10.6. The summed E-state index contributed by atoms with van der Waals surface area (Å²) in [6.45, 7) is 7.57. The van der Waals surface area contributed by atoms with E-state index in [0.717, 1.165) is 60.7 Å². The lowest BCUT2D eigenvalue weighted by molar-refractivity contribution is 0.0717. The van der Waals surface area contributed by atoms with Crippen molar-refractivity contribution in [2.45, 2.75) is 26.0 Å². The van der Waals surface area contributed by atoms with E-state index in [1.165, 1.54) is 22.1 Å². The molecule has 0 amide bonds. The lowest BCUT2D eigenvalue weighted by Crippen LogP contribution is -2.47. The summed E-state index contributed by atoms with van der Waals surface area (Å²) in [6, 6.07) is 25.1. The Hall–Kier alpha value is -3.58. The number of ether oxygens (including phenoxy) is 2. The van der Waals surface area contributed by atoms with E-state index in [0.29, 0.717) is 13.1 Å². The predicted octanol–water partition coefficient (Wildman–Crippen LogP) is 5.64. The number of hydrogen-bond donors (Lipinski definition) is 1. The number of nitrogens with zero attached hydrogens (tertiary/aromatic N) is 3. The molecule has 1 N–H and O–H groups in total. The van der Waals surface area contributed by atoms with Gasteiger partial charge in [0.2, 0.25) is 0 Å². The third-order valence-corrected chi connectivity index (χ3v) is 8.00. The first kappa shape index (κ1) is 28.0. The summed E-state index contributed by atoms with van der Waals surface area (Å²) in [6.07, 6.45) is 2.65. The van der Waals surface area contributed by atoms with Crippen molar-refractivity contribution in [3.05, 3.63) is 95.7 Å². The average molecular weight is 540 g/mol. The number of piperazine rings is 1. The maximum absolute atomic E-state index is 11.1. The van der Waals surface area contributed by atoms with Crippen LogP contribution in [-0.2, 0) is 6.54 Å². The standard InChI is InChI=1S/C34H41N3O3/c1-5-30(34(25-10-14-28(39-3)15-11-25)26-12-16-29(40-4)17-13-26)32-24-37(33-9-7-6-8-31(32)33)23-27(38)22-36-20-18-35(2)19-21-36/h6-17,24,27,38H,5,18-23H2,1-4H3/t27-/m1/s1. The molecule has 0 unspecified atom stereocenters. The number of rotatable bonds is 10. The molecule has 5 rings (SSSR count). The van der Waals surface area contributed by atoms with Crippen molar-refractivity contribution < 1.29 is 14.6 Å². The molecule has 1 aliphatic heterocycles. The highest BCUT2D eigenvalue weighted by molar-refractivity contribution is 6.05. The van der Waals surface area contributed by atoms with Crippen LogP contribution in [0.25, 0.3) is 22.0 Å². The second kappa shape index (κ2) is 12.7. The van der Waals surface area contributed by atoms with Gasteiger partial charge in [-0.05, 0) is 66.1 Å². The molecule has 0 spiro atoms. The Morgan fingerprint density at radius 1 is 0.800 bits per heavy atom. The van der Waals surface area contributed by atoms with Crippen LogP contribution in [0.2, 0.25) is 0 Å². The van der Waals surface area contributed by atoms with E-state index in [4.69, 9.17) is 9.47 Å². The predicted molar refractivity (Wildman–Crippen MR) is 164 cm³/mol. The van der Waals surface area contributed by atoms with E-state index < -0.39 is 6.10 Å². The Kier molecular flexibility index (Phi) is 8.90. The Labute approximate surface area is 238 Å². The molecule has 2 heterocycles. The number of aromatic nitrogens is 1. The Bertz CT molecular complexity index is 1380. The van der Waals surface area contributed by atoms with Gasteiger partial charge in [-0.2, -0.15) is 0 Å². The van der Waals surface area contributed by atoms with Gasteiger partial charge in [0.05, 0.1) is 20.3 Å². The minimum absolute atomic E-state index is 0.441. The number of para-hydroxylation sites is 1. The number of aliphatic hydroxyl groups excluding tert-OH is 1. The van der Waals surface area contributed by atoms with E-state index >= 15 is 0 Å². The molecule has 210 valence electrons.